The van der Waals surface area contributed by atoms with Crippen LogP contribution in [-0.4, -0.2) is 22.5 Å². The number of ether oxygens (including phenoxy) is 1. The molecule has 0 saturated carbocycles. The Labute approximate surface area is 150 Å². The molecular formula is C18H20N4O2S. The van der Waals surface area contributed by atoms with E-state index in [1.807, 2.05) is 49.6 Å². The number of esters is 1. The van der Waals surface area contributed by atoms with Crippen molar-refractivity contribution in [3.05, 3.63) is 52.5 Å². The Kier molecular flexibility index (Phi) is 5.04. The van der Waals surface area contributed by atoms with Crippen molar-refractivity contribution in [3.8, 4) is 11.4 Å². The number of aromatic nitrogens is 2. The lowest BCUT2D eigenvalue weighted by Crippen LogP contribution is -2.07. The van der Waals surface area contributed by atoms with Crippen LogP contribution in [0.2, 0.25) is 0 Å². The summed E-state index contributed by atoms with van der Waals surface area (Å²) >= 11 is 1.49. The fraction of sp³-hybridized carbons (Fsp3) is 0.222. The number of rotatable bonds is 6. The van der Waals surface area contributed by atoms with Crippen LogP contribution in [0.5, 0.6) is 0 Å². The Morgan fingerprint density at radius 2 is 2.00 bits per heavy atom. The summed E-state index contributed by atoms with van der Waals surface area (Å²) in [5, 5.41) is 2.69. The molecule has 7 heteroatoms. The maximum Gasteiger partial charge on any atom is 0.340 e. The number of hydrazine groups is 1. The van der Waals surface area contributed by atoms with E-state index >= 15 is 0 Å². The summed E-state index contributed by atoms with van der Waals surface area (Å²) in [7, 11) is 0. The van der Waals surface area contributed by atoms with Crippen LogP contribution < -0.4 is 10.9 Å². The number of carbonyl (C=O) groups is 1. The number of anilines is 2. The van der Waals surface area contributed by atoms with Gasteiger partial charge in [0.2, 0.25) is 5.13 Å². The Morgan fingerprint density at radius 3 is 2.72 bits per heavy atom. The lowest BCUT2D eigenvalue weighted by Gasteiger charge is -2.05. The molecular weight excluding hydrogens is 336 g/mol. The number of aryl methyl sites for hydroxylation is 1. The third kappa shape index (κ3) is 3.66. The van der Waals surface area contributed by atoms with Gasteiger partial charge in [0.15, 0.2) is 0 Å². The minimum absolute atomic E-state index is 0.306. The van der Waals surface area contributed by atoms with E-state index in [9.17, 15) is 4.79 Å². The fourth-order valence-corrected chi connectivity index (χ4v) is 3.26. The van der Waals surface area contributed by atoms with Crippen LogP contribution >= 0.6 is 11.3 Å². The highest BCUT2D eigenvalue weighted by atomic mass is 32.1. The number of hydrogen-bond donors (Lipinski definition) is 3. The second kappa shape index (κ2) is 7.40. The third-order valence-corrected chi connectivity index (χ3v) is 4.52. The Balaban J connectivity index is 1.78. The van der Waals surface area contributed by atoms with Gasteiger partial charge in [0.1, 0.15) is 5.69 Å². The first-order valence-electron chi connectivity index (χ1n) is 7.99. The average Bonchev–Trinajstić information content (AvgIpc) is 3.18. The van der Waals surface area contributed by atoms with Crippen molar-refractivity contribution in [2.45, 2.75) is 20.8 Å². The molecule has 3 N–H and O–H groups in total. The first kappa shape index (κ1) is 17.0. The molecule has 0 radical (unpaired) electrons. The Morgan fingerprint density at radius 1 is 1.24 bits per heavy atom. The van der Waals surface area contributed by atoms with Gasteiger partial charge >= 0.3 is 5.97 Å². The standard InChI is InChI=1S/C18H20N4O2S/c1-4-24-17(23)15-11(2)16(19-12(15)3)14-10-25-18(20-14)22-21-13-8-6-5-7-9-13/h5-10,19,21H,4H2,1-3H3,(H,20,22). The number of hydrogen-bond acceptors (Lipinski definition) is 6. The van der Waals surface area contributed by atoms with Crippen LogP contribution in [0.4, 0.5) is 10.8 Å². The van der Waals surface area contributed by atoms with E-state index in [4.69, 9.17) is 4.74 Å². The van der Waals surface area contributed by atoms with Gasteiger partial charge in [-0.05, 0) is 38.5 Å². The molecule has 0 amide bonds. The van der Waals surface area contributed by atoms with Gasteiger partial charge in [0, 0.05) is 11.1 Å². The number of nitrogens with one attached hydrogen (secondary N) is 3. The number of nitrogens with zero attached hydrogens (tertiary/aromatic N) is 1. The molecule has 25 heavy (non-hydrogen) atoms. The highest BCUT2D eigenvalue weighted by molar-refractivity contribution is 7.14. The van der Waals surface area contributed by atoms with Crippen molar-refractivity contribution in [3.63, 3.8) is 0 Å². The molecule has 3 aromatic rings. The first-order chi connectivity index (χ1) is 12.1. The van der Waals surface area contributed by atoms with E-state index in [2.05, 4.69) is 20.8 Å². The normalized spacial score (nSPS) is 10.5. The summed E-state index contributed by atoms with van der Waals surface area (Å²) in [6, 6.07) is 9.81. The van der Waals surface area contributed by atoms with Crippen LogP contribution in [-0.2, 0) is 4.74 Å². The molecule has 2 heterocycles. The number of thiazole rings is 1. The van der Waals surface area contributed by atoms with Gasteiger partial charge in [-0.25, -0.2) is 9.78 Å². The van der Waals surface area contributed by atoms with Crippen LogP contribution in [0.15, 0.2) is 35.7 Å². The van der Waals surface area contributed by atoms with Gasteiger partial charge in [-0.2, -0.15) is 0 Å². The van der Waals surface area contributed by atoms with Crippen molar-refractivity contribution in [2.75, 3.05) is 17.5 Å². The molecule has 0 aliphatic carbocycles. The van der Waals surface area contributed by atoms with Gasteiger partial charge in [0.05, 0.1) is 23.6 Å². The lowest BCUT2D eigenvalue weighted by molar-refractivity contribution is 0.0525. The summed E-state index contributed by atoms with van der Waals surface area (Å²) < 4.78 is 5.13. The maximum absolute atomic E-state index is 12.1. The molecule has 130 valence electrons. The van der Waals surface area contributed by atoms with Gasteiger partial charge in [0.25, 0.3) is 0 Å². The average molecular weight is 356 g/mol. The summed E-state index contributed by atoms with van der Waals surface area (Å²) in [5.41, 5.74) is 11.0. The zero-order chi connectivity index (χ0) is 17.8. The van der Waals surface area contributed by atoms with E-state index in [1.165, 1.54) is 11.3 Å². The number of benzene rings is 1. The molecule has 1 aromatic carbocycles. The largest absolute Gasteiger partial charge is 0.462 e. The molecule has 0 atom stereocenters. The summed E-state index contributed by atoms with van der Waals surface area (Å²) in [4.78, 5) is 19.9. The maximum atomic E-state index is 12.1. The minimum atomic E-state index is -0.306. The second-order valence-electron chi connectivity index (χ2n) is 5.50. The Hall–Kier alpha value is -2.80. The molecule has 3 rings (SSSR count). The number of aromatic amines is 1. The summed E-state index contributed by atoms with van der Waals surface area (Å²) in [6.45, 7) is 5.92. The molecule has 2 aromatic heterocycles. The molecule has 0 fully saturated rings. The van der Waals surface area contributed by atoms with Gasteiger partial charge in [-0.15, -0.1) is 11.3 Å². The molecule has 0 spiro atoms. The topological polar surface area (TPSA) is 79.0 Å². The number of H-pyrrole nitrogens is 1. The van der Waals surface area contributed by atoms with Crippen molar-refractivity contribution >= 4 is 28.1 Å². The van der Waals surface area contributed by atoms with Crippen LogP contribution in [0.25, 0.3) is 11.4 Å². The lowest BCUT2D eigenvalue weighted by atomic mass is 10.1. The molecule has 0 bridgehead atoms. The van der Waals surface area contributed by atoms with Crippen molar-refractivity contribution < 1.29 is 9.53 Å². The second-order valence-corrected chi connectivity index (χ2v) is 6.36. The summed E-state index contributed by atoms with van der Waals surface area (Å²) in [5.74, 6) is -0.306. The molecule has 6 nitrogen and oxygen atoms in total. The zero-order valence-corrected chi connectivity index (χ0v) is 15.2. The van der Waals surface area contributed by atoms with E-state index < -0.39 is 0 Å². The smallest absolute Gasteiger partial charge is 0.340 e. The summed E-state index contributed by atoms with van der Waals surface area (Å²) in [6.07, 6.45) is 0. The predicted molar refractivity (Wildman–Crippen MR) is 101 cm³/mol. The molecule has 0 saturated heterocycles. The Bertz CT molecular complexity index is 871. The zero-order valence-electron chi connectivity index (χ0n) is 14.3. The first-order valence-corrected chi connectivity index (χ1v) is 8.87. The number of carbonyl (C=O) groups excluding carboxylic acids is 1. The number of para-hydroxylation sites is 1. The molecule has 0 aliphatic heterocycles. The van der Waals surface area contributed by atoms with Gasteiger partial charge in [-0.3, -0.25) is 10.9 Å². The monoisotopic (exact) mass is 356 g/mol. The van der Waals surface area contributed by atoms with Gasteiger partial charge < -0.3 is 9.72 Å². The molecule has 0 unspecified atom stereocenters. The SMILES string of the molecule is CCOC(=O)c1c(C)[nH]c(-c2csc(NNc3ccccc3)n2)c1C. The van der Waals surface area contributed by atoms with Crippen molar-refractivity contribution in [2.24, 2.45) is 0 Å². The quantitative estimate of drug-likeness (QED) is 0.451. The third-order valence-electron chi connectivity index (χ3n) is 3.76. The van der Waals surface area contributed by atoms with E-state index in [-0.39, 0.29) is 5.97 Å². The van der Waals surface area contributed by atoms with Crippen LogP contribution in [0.1, 0.15) is 28.5 Å². The van der Waals surface area contributed by atoms with E-state index in [0.29, 0.717) is 12.2 Å². The molecule has 0 aliphatic rings. The highest BCUT2D eigenvalue weighted by Crippen LogP contribution is 2.30. The van der Waals surface area contributed by atoms with Crippen molar-refractivity contribution in [1.29, 1.82) is 0 Å². The highest BCUT2D eigenvalue weighted by Gasteiger charge is 2.21. The predicted octanol–water partition coefficient (Wildman–Crippen LogP) is 4.37. The van der Waals surface area contributed by atoms with Crippen LogP contribution in [0.3, 0.4) is 0 Å². The van der Waals surface area contributed by atoms with Gasteiger partial charge in [-0.1, -0.05) is 18.2 Å². The van der Waals surface area contributed by atoms with Crippen LogP contribution in [0, 0.1) is 13.8 Å². The van der Waals surface area contributed by atoms with Crippen molar-refractivity contribution in [1.82, 2.24) is 9.97 Å². The van der Waals surface area contributed by atoms with E-state index in [1.54, 1.807) is 6.92 Å². The minimum Gasteiger partial charge on any atom is -0.462 e. The van der Waals surface area contributed by atoms with E-state index in [0.717, 1.165) is 33.5 Å². The fourth-order valence-electron chi connectivity index (χ4n) is 2.61.